The first-order chi connectivity index (χ1) is 16.5. The molecule has 2 heterocycles. The van der Waals surface area contributed by atoms with Crippen LogP contribution in [-0.4, -0.2) is 25.8 Å². The van der Waals surface area contributed by atoms with E-state index in [9.17, 15) is 14.9 Å². The molecule has 0 saturated heterocycles. The Morgan fingerprint density at radius 1 is 0.882 bits per heavy atom. The van der Waals surface area contributed by atoms with Gasteiger partial charge in [0.25, 0.3) is 0 Å². The lowest BCUT2D eigenvalue weighted by Gasteiger charge is -2.18. The molecule has 170 valence electrons. The van der Waals surface area contributed by atoms with Crippen LogP contribution in [0, 0.1) is 10.1 Å². The van der Waals surface area contributed by atoms with Crippen LogP contribution in [0.2, 0.25) is 5.02 Å². The lowest BCUT2D eigenvalue weighted by molar-refractivity contribution is -0.383. The van der Waals surface area contributed by atoms with Crippen LogP contribution in [0.3, 0.4) is 0 Å². The average Bonchev–Trinajstić information content (AvgIpc) is 2.85. The second kappa shape index (κ2) is 10.4. The van der Waals surface area contributed by atoms with E-state index in [0.717, 1.165) is 17.5 Å². The van der Waals surface area contributed by atoms with E-state index < -0.39 is 22.4 Å². The maximum Gasteiger partial charge on any atom is 0.355 e. The van der Waals surface area contributed by atoms with E-state index in [-0.39, 0.29) is 11.6 Å². The summed E-state index contributed by atoms with van der Waals surface area (Å²) in [5, 5.41) is 15.0. The Kier molecular flexibility index (Phi) is 6.89. The normalized spacial score (nSPS) is 10.5. The standard InChI is InChI=1S/C23H18ClN7O3/c24-17-11-12-18(25-13-17)28-21-20(31(33)34)22(27-14-26-21)29-30-23(32)19(15-7-3-1-4-8-15)16-9-5-2-6-10-16/h1-14,19H,(H,30,32)(H2,25,26,27,28,29). The van der Waals surface area contributed by atoms with Gasteiger partial charge in [-0.1, -0.05) is 72.3 Å². The Bertz CT molecular complexity index is 1250. The lowest BCUT2D eigenvalue weighted by Crippen LogP contribution is -2.35. The molecule has 4 aromatic rings. The molecule has 0 spiro atoms. The molecule has 0 fully saturated rings. The first kappa shape index (κ1) is 22.6. The quantitative estimate of drug-likeness (QED) is 0.251. The van der Waals surface area contributed by atoms with Gasteiger partial charge in [-0.05, 0) is 23.3 Å². The zero-order chi connectivity index (χ0) is 23.9. The van der Waals surface area contributed by atoms with Crippen molar-refractivity contribution in [1.29, 1.82) is 0 Å². The van der Waals surface area contributed by atoms with Crippen molar-refractivity contribution >= 4 is 40.6 Å². The molecule has 0 unspecified atom stereocenters. The topological polar surface area (TPSA) is 135 Å². The number of pyridine rings is 1. The fourth-order valence-corrected chi connectivity index (χ4v) is 3.40. The number of hydrogen-bond acceptors (Lipinski definition) is 8. The molecule has 0 aliphatic carbocycles. The number of nitrogens with one attached hydrogen (secondary N) is 3. The second-order valence-corrected chi connectivity index (χ2v) is 7.47. The van der Waals surface area contributed by atoms with E-state index in [0.29, 0.717) is 10.8 Å². The van der Waals surface area contributed by atoms with Crippen LogP contribution in [0.5, 0.6) is 0 Å². The minimum Gasteiger partial charge on any atom is -0.319 e. The number of nitro groups is 1. The summed E-state index contributed by atoms with van der Waals surface area (Å²) < 4.78 is 0. The number of carbonyl (C=O) groups is 1. The molecule has 3 N–H and O–H groups in total. The highest BCUT2D eigenvalue weighted by Crippen LogP contribution is 2.31. The third-order valence-corrected chi connectivity index (χ3v) is 5.03. The third-order valence-electron chi connectivity index (χ3n) is 4.81. The van der Waals surface area contributed by atoms with Crippen molar-refractivity contribution in [2.45, 2.75) is 5.92 Å². The maximum absolute atomic E-state index is 13.2. The smallest absolute Gasteiger partial charge is 0.319 e. The Hall–Kier alpha value is -4.57. The highest BCUT2D eigenvalue weighted by molar-refractivity contribution is 6.30. The van der Waals surface area contributed by atoms with Crippen molar-refractivity contribution in [3.05, 3.63) is 112 Å². The summed E-state index contributed by atoms with van der Waals surface area (Å²) in [5.41, 5.74) is 6.19. The molecule has 0 saturated carbocycles. The summed E-state index contributed by atoms with van der Waals surface area (Å²) in [6.45, 7) is 0. The summed E-state index contributed by atoms with van der Waals surface area (Å²) in [4.78, 5) is 36.3. The SMILES string of the molecule is O=C(NNc1ncnc(Nc2ccc(Cl)cn2)c1[N+](=O)[O-])C(c1ccccc1)c1ccccc1. The molecular weight excluding hydrogens is 458 g/mol. The predicted octanol–water partition coefficient (Wildman–Crippen LogP) is 4.45. The summed E-state index contributed by atoms with van der Waals surface area (Å²) >= 11 is 5.83. The maximum atomic E-state index is 13.2. The molecule has 2 aromatic carbocycles. The molecule has 10 nitrogen and oxygen atoms in total. The van der Waals surface area contributed by atoms with Gasteiger partial charge in [0.2, 0.25) is 17.5 Å². The van der Waals surface area contributed by atoms with Crippen molar-refractivity contribution in [2.24, 2.45) is 0 Å². The highest BCUT2D eigenvalue weighted by Gasteiger charge is 2.26. The molecule has 34 heavy (non-hydrogen) atoms. The van der Waals surface area contributed by atoms with Crippen LogP contribution in [0.1, 0.15) is 17.0 Å². The summed E-state index contributed by atoms with van der Waals surface area (Å²) in [7, 11) is 0. The van der Waals surface area contributed by atoms with Crippen molar-refractivity contribution in [3.63, 3.8) is 0 Å². The summed E-state index contributed by atoms with van der Waals surface area (Å²) in [5.74, 6) is -1.06. The molecule has 0 aliphatic rings. The number of nitrogens with zero attached hydrogens (tertiary/aromatic N) is 4. The molecule has 2 aromatic heterocycles. The zero-order valence-electron chi connectivity index (χ0n) is 17.6. The fourth-order valence-electron chi connectivity index (χ4n) is 3.28. The van der Waals surface area contributed by atoms with E-state index in [1.165, 1.54) is 6.20 Å². The summed E-state index contributed by atoms with van der Waals surface area (Å²) in [6.07, 6.45) is 2.52. The van der Waals surface area contributed by atoms with Gasteiger partial charge in [0.15, 0.2) is 0 Å². The van der Waals surface area contributed by atoms with Crippen LogP contribution in [-0.2, 0) is 4.79 Å². The Labute approximate surface area is 199 Å². The van der Waals surface area contributed by atoms with E-state index in [1.807, 2.05) is 60.7 Å². The van der Waals surface area contributed by atoms with Crippen LogP contribution < -0.4 is 16.2 Å². The van der Waals surface area contributed by atoms with Crippen LogP contribution in [0.25, 0.3) is 0 Å². The molecule has 0 bridgehead atoms. The van der Waals surface area contributed by atoms with Crippen molar-refractivity contribution in [2.75, 3.05) is 10.7 Å². The number of hydrogen-bond donors (Lipinski definition) is 3. The van der Waals surface area contributed by atoms with E-state index in [1.54, 1.807) is 12.1 Å². The Morgan fingerprint density at radius 2 is 1.50 bits per heavy atom. The van der Waals surface area contributed by atoms with Gasteiger partial charge in [-0.25, -0.2) is 15.0 Å². The minimum absolute atomic E-state index is 0.103. The number of rotatable bonds is 8. The number of anilines is 3. The van der Waals surface area contributed by atoms with E-state index in [4.69, 9.17) is 11.6 Å². The highest BCUT2D eigenvalue weighted by atomic mass is 35.5. The number of amides is 1. The third kappa shape index (κ3) is 5.25. The van der Waals surface area contributed by atoms with Crippen LogP contribution >= 0.6 is 11.6 Å². The lowest BCUT2D eigenvalue weighted by atomic mass is 9.91. The predicted molar refractivity (Wildman–Crippen MR) is 128 cm³/mol. The molecule has 0 aliphatic heterocycles. The van der Waals surface area contributed by atoms with Crippen molar-refractivity contribution < 1.29 is 9.72 Å². The van der Waals surface area contributed by atoms with Gasteiger partial charge in [0, 0.05) is 6.20 Å². The van der Waals surface area contributed by atoms with Gasteiger partial charge in [-0.2, -0.15) is 0 Å². The zero-order valence-corrected chi connectivity index (χ0v) is 18.3. The first-order valence-corrected chi connectivity index (χ1v) is 10.4. The van der Waals surface area contributed by atoms with Crippen LogP contribution in [0.4, 0.5) is 23.1 Å². The van der Waals surface area contributed by atoms with Gasteiger partial charge >= 0.3 is 5.69 Å². The fraction of sp³-hybridized carbons (Fsp3) is 0.0435. The molecule has 0 radical (unpaired) electrons. The van der Waals surface area contributed by atoms with Crippen molar-refractivity contribution in [3.8, 4) is 0 Å². The Morgan fingerprint density at radius 3 is 2.06 bits per heavy atom. The Balaban J connectivity index is 1.59. The number of carbonyl (C=O) groups excluding carboxylic acids is 1. The van der Waals surface area contributed by atoms with Gasteiger partial charge in [0.1, 0.15) is 12.1 Å². The van der Waals surface area contributed by atoms with Crippen molar-refractivity contribution in [1.82, 2.24) is 20.4 Å². The number of halogens is 1. The van der Waals surface area contributed by atoms with E-state index >= 15 is 0 Å². The average molecular weight is 476 g/mol. The first-order valence-electron chi connectivity index (χ1n) is 10.1. The van der Waals surface area contributed by atoms with Crippen LogP contribution in [0.15, 0.2) is 85.3 Å². The molecular formula is C23H18ClN7O3. The largest absolute Gasteiger partial charge is 0.355 e. The number of benzene rings is 2. The van der Waals surface area contributed by atoms with Gasteiger partial charge < -0.3 is 5.32 Å². The number of aromatic nitrogens is 3. The summed E-state index contributed by atoms with van der Waals surface area (Å²) in [6, 6.07) is 21.5. The van der Waals surface area contributed by atoms with Gasteiger partial charge in [0.05, 0.1) is 15.9 Å². The van der Waals surface area contributed by atoms with E-state index in [2.05, 4.69) is 31.1 Å². The monoisotopic (exact) mass is 475 g/mol. The number of hydrazine groups is 1. The molecule has 4 rings (SSSR count). The van der Waals surface area contributed by atoms with Gasteiger partial charge in [-0.15, -0.1) is 0 Å². The van der Waals surface area contributed by atoms with Gasteiger partial charge in [-0.3, -0.25) is 25.8 Å². The molecule has 11 heteroatoms. The molecule has 1 amide bonds. The second-order valence-electron chi connectivity index (χ2n) is 7.03. The molecule has 0 atom stereocenters. The minimum atomic E-state index is -0.654.